The van der Waals surface area contributed by atoms with E-state index in [-0.39, 0.29) is 6.42 Å². The zero-order valence-corrected chi connectivity index (χ0v) is 8.34. The molecule has 0 aliphatic rings. The van der Waals surface area contributed by atoms with E-state index in [9.17, 15) is 4.79 Å². The van der Waals surface area contributed by atoms with Crippen LogP contribution in [0.15, 0.2) is 5.16 Å². The number of carboxylic acids is 1. The molecule has 0 spiro atoms. The van der Waals surface area contributed by atoms with E-state index in [2.05, 4.69) is 10.2 Å². The molecule has 0 aromatic carbocycles. The monoisotopic (exact) mass is 201 g/mol. The Kier molecular flexibility index (Phi) is 3.30. The van der Waals surface area contributed by atoms with Crippen LogP contribution in [0.25, 0.3) is 0 Å². The average molecular weight is 201 g/mol. The molecule has 0 atom stereocenters. The van der Waals surface area contributed by atoms with Crippen LogP contribution in [0.4, 0.5) is 0 Å². The van der Waals surface area contributed by atoms with Crippen molar-refractivity contribution in [2.24, 2.45) is 7.05 Å². The van der Waals surface area contributed by atoms with Gasteiger partial charge in [0.25, 0.3) is 0 Å². The maximum absolute atomic E-state index is 10.3. The number of aryl methyl sites for hydroxylation is 1. The molecule has 0 amide bonds. The molecule has 1 heterocycles. The van der Waals surface area contributed by atoms with E-state index in [1.54, 1.807) is 0 Å². The third-order valence-electron chi connectivity index (χ3n) is 1.67. The quantitative estimate of drug-likeness (QED) is 0.721. The second-order valence-electron chi connectivity index (χ2n) is 2.56. The van der Waals surface area contributed by atoms with E-state index >= 15 is 0 Å². The van der Waals surface area contributed by atoms with Crippen molar-refractivity contribution < 1.29 is 9.90 Å². The summed E-state index contributed by atoms with van der Waals surface area (Å²) in [5, 5.41) is 17.1. The number of hydrogen-bond donors (Lipinski definition) is 1. The number of hydrogen-bond acceptors (Lipinski definition) is 4. The molecule has 1 N–H and O–H groups in total. The molecule has 0 fully saturated rings. The third-order valence-corrected chi connectivity index (χ3v) is 2.39. The minimum atomic E-state index is -0.811. The number of thioether (sulfide) groups is 1. The van der Waals surface area contributed by atoms with Crippen molar-refractivity contribution in [1.82, 2.24) is 14.8 Å². The van der Waals surface area contributed by atoms with E-state index in [1.807, 2.05) is 17.9 Å². The van der Waals surface area contributed by atoms with Gasteiger partial charge in [-0.25, -0.2) is 0 Å². The third kappa shape index (κ3) is 2.45. The van der Waals surface area contributed by atoms with Gasteiger partial charge >= 0.3 is 5.97 Å². The Hall–Kier alpha value is -1.04. The van der Waals surface area contributed by atoms with Gasteiger partial charge in [-0.15, -0.1) is 10.2 Å². The van der Waals surface area contributed by atoms with Crippen LogP contribution in [0.1, 0.15) is 12.2 Å². The lowest BCUT2D eigenvalue weighted by molar-refractivity contribution is -0.137. The van der Waals surface area contributed by atoms with Gasteiger partial charge < -0.3 is 9.67 Å². The highest BCUT2D eigenvalue weighted by atomic mass is 32.2. The molecular formula is C7H11N3O2S. The molecule has 5 nitrogen and oxygen atoms in total. The lowest BCUT2D eigenvalue weighted by atomic mass is 10.3. The van der Waals surface area contributed by atoms with Gasteiger partial charge in [0.05, 0.1) is 6.42 Å². The first-order chi connectivity index (χ1) is 6.15. The lowest BCUT2D eigenvalue weighted by Gasteiger charge is -1.99. The summed E-state index contributed by atoms with van der Waals surface area (Å²) in [5.74, 6) is -0.0968. The second-order valence-corrected chi connectivity index (χ2v) is 3.33. The fourth-order valence-corrected chi connectivity index (χ4v) is 1.46. The summed E-state index contributed by atoms with van der Waals surface area (Å²) in [6, 6.07) is 0. The summed E-state index contributed by atoms with van der Waals surface area (Å²) in [4.78, 5) is 10.3. The topological polar surface area (TPSA) is 68.0 Å². The molecule has 72 valence electrons. The molecular weight excluding hydrogens is 190 g/mol. The molecule has 0 radical (unpaired) electrons. The molecule has 0 aliphatic carbocycles. The first-order valence-electron chi connectivity index (χ1n) is 3.79. The Morgan fingerprint density at radius 2 is 2.31 bits per heavy atom. The summed E-state index contributed by atoms with van der Waals surface area (Å²) >= 11 is 1.49. The molecule has 0 saturated carbocycles. The summed E-state index contributed by atoms with van der Waals surface area (Å²) in [6.45, 7) is 0. The Morgan fingerprint density at radius 3 is 2.77 bits per heavy atom. The van der Waals surface area contributed by atoms with Gasteiger partial charge in [0.2, 0.25) is 0 Å². The van der Waals surface area contributed by atoms with Crippen LogP contribution in [0, 0.1) is 0 Å². The molecule has 0 saturated heterocycles. The van der Waals surface area contributed by atoms with Crippen LogP contribution in [0.5, 0.6) is 0 Å². The van der Waals surface area contributed by atoms with Gasteiger partial charge in [-0.2, -0.15) is 0 Å². The van der Waals surface area contributed by atoms with Crippen molar-refractivity contribution in [3.63, 3.8) is 0 Å². The Morgan fingerprint density at radius 1 is 1.62 bits per heavy atom. The van der Waals surface area contributed by atoms with E-state index in [4.69, 9.17) is 5.11 Å². The fraction of sp³-hybridized carbons (Fsp3) is 0.571. The highest BCUT2D eigenvalue weighted by Gasteiger charge is 2.08. The largest absolute Gasteiger partial charge is 0.481 e. The van der Waals surface area contributed by atoms with Gasteiger partial charge in [-0.1, -0.05) is 11.8 Å². The van der Waals surface area contributed by atoms with Gasteiger partial charge in [0.1, 0.15) is 5.82 Å². The van der Waals surface area contributed by atoms with Crippen molar-refractivity contribution in [2.75, 3.05) is 6.26 Å². The number of carboxylic acid groups (broad SMARTS) is 1. The molecule has 0 unspecified atom stereocenters. The average Bonchev–Trinajstić information content (AvgIpc) is 2.43. The predicted molar refractivity (Wildman–Crippen MR) is 48.7 cm³/mol. The van der Waals surface area contributed by atoms with Crippen molar-refractivity contribution in [3.8, 4) is 0 Å². The maximum atomic E-state index is 10.3. The number of aliphatic carboxylic acids is 1. The van der Waals surface area contributed by atoms with E-state index in [0.717, 1.165) is 5.16 Å². The normalized spacial score (nSPS) is 10.3. The van der Waals surface area contributed by atoms with E-state index in [0.29, 0.717) is 12.2 Å². The van der Waals surface area contributed by atoms with Crippen molar-refractivity contribution in [1.29, 1.82) is 0 Å². The molecule has 1 aromatic heterocycles. The highest BCUT2D eigenvalue weighted by molar-refractivity contribution is 7.98. The second kappa shape index (κ2) is 4.27. The molecule has 0 bridgehead atoms. The predicted octanol–water partition coefficient (Wildman–Crippen LogP) is 0.554. The summed E-state index contributed by atoms with van der Waals surface area (Å²) in [6.07, 6.45) is 2.44. The zero-order valence-electron chi connectivity index (χ0n) is 7.52. The van der Waals surface area contributed by atoms with E-state index < -0.39 is 5.97 Å². The van der Waals surface area contributed by atoms with E-state index in [1.165, 1.54) is 11.8 Å². The van der Waals surface area contributed by atoms with Crippen molar-refractivity contribution >= 4 is 17.7 Å². The summed E-state index contributed by atoms with van der Waals surface area (Å²) in [5.41, 5.74) is 0. The van der Waals surface area contributed by atoms with Crippen LogP contribution in [0.2, 0.25) is 0 Å². The van der Waals surface area contributed by atoms with Crippen LogP contribution < -0.4 is 0 Å². The molecule has 6 heteroatoms. The lowest BCUT2D eigenvalue weighted by Crippen LogP contribution is -2.03. The minimum absolute atomic E-state index is 0.0976. The number of rotatable bonds is 4. The smallest absolute Gasteiger partial charge is 0.303 e. The standard InChI is InChI=1S/C7H11N3O2S/c1-10-5(3-4-6(11)12)8-9-7(10)13-2/h3-4H2,1-2H3,(H,11,12). The molecule has 1 aromatic rings. The SMILES string of the molecule is CSc1nnc(CCC(=O)O)n1C. The fourth-order valence-electron chi connectivity index (χ4n) is 0.959. The van der Waals surface area contributed by atoms with Gasteiger partial charge in [0.15, 0.2) is 5.16 Å². The molecule has 0 aliphatic heterocycles. The van der Waals surface area contributed by atoms with Gasteiger partial charge in [-0.05, 0) is 6.26 Å². The van der Waals surface area contributed by atoms with Crippen molar-refractivity contribution in [3.05, 3.63) is 5.82 Å². The first kappa shape index (κ1) is 10.0. The first-order valence-corrected chi connectivity index (χ1v) is 5.01. The maximum Gasteiger partial charge on any atom is 0.303 e. The van der Waals surface area contributed by atoms with Crippen LogP contribution in [0.3, 0.4) is 0 Å². The zero-order chi connectivity index (χ0) is 9.84. The summed E-state index contributed by atoms with van der Waals surface area (Å²) < 4.78 is 1.81. The van der Waals surface area contributed by atoms with Crippen LogP contribution in [-0.2, 0) is 18.3 Å². The van der Waals surface area contributed by atoms with Crippen LogP contribution >= 0.6 is 11.8 Å². The van der Waals surface area contributed by atoms with Gasteiger partial charge in [0, 0.05) is 13.5 Å². The molecule has 1 rings (SSSR count). The van der Waals surface area contributed by atoms with Gasteiger partial charge in [-0.3, -0.25) is 4.79 Å². The minimum Gasteiger partial charge on any atom is -0.481 e. The van der Waals surface area contributed by atoms with Crippen molar-refractivity contribution in [2.45, 2.75) is 18.0 Å². The number of carbonyl (C=O) groups is 1. The highest BCUT2D eigenvalue weighted by Crippen LogP contribution is 2.12. The Bertz CT molecular complexity index is 311. The number of aromatic nitrogens is 3. The Labute approximate surface area is 80.2 Å². The summed E-state index contributed by atoms with van der Waals surface area (Å²) in [7, 11) is 1.84. The number of nitrogens with zero attached hydrogens (tertiary/aromatic N) is 3. The Balaban J connectivity index is 2.67. The molecule has 13 heavy (non-hydrogen) atoms. The van der Waals surface area contributed by atoms with Crippen LogP contribution in [-0.4, -0.2) is 32.1 Å².